The lowest BCUT2D eigenvalue weighted by Crippen LogP contribution is -2.50. The molecule has 0 unspecified atom stereocenters. The van der Waals surface area contributed by atoms with Gasteiger partial charge < -0.3 is 15.0 Å². The van der Waals surface area contributed by atoms with Gasteiger partial charge in [-0.1, -0.05) is 43.6 Å². The molecule has 2 atom stereocenters. The summed E-state index contributed by atoms with van der Waals surface area (Å²) in [6.45, 7) is 6.14. The van der Waals surface area contributed by atoms with Gasteiger partial charge >= 0.3 is 0 Å². The van der Waals surface area contributed by atoms with E-state index < -0.39 is 16.1 Å². The number of ether oxygens (including phenoxy) is 1. The van der Waals surface area contributed by atoms with Crippen LogP contribution in [0.4, 0.5) is 5.69 Å². The van der Waals surface area contributed by atoms with Gasteiger partial charge in [-0.25, -0.2) is 8.42 Å². The number of halogens is 1. The molecule has 0 saturated carbocycles. The third-order valence-electron chi connectivity index (χ3n) is 6.15. The average molecular weight is 552 g/mol. The highest BCUT2D eigenvalue weighted by Crippen LogP contribution is 2.23. The molecular weight excluding hydrogens is 514 g/mol. The Hall–Kier alpha value is -2.78. The molecule has 0 fully saturated rings. The summed E-state index contributed by atoms with van der Waals surface area (Å²) >= 11 is 6.06. The molecule has 2 amide bonds. The molecule has 37 heavy (non-hydrogen) atoms. The van der Waals surface area contributed by atoms with Crippen molar-refractivity contribution in [2.45, 2.75) is 65.1 Å². The fourth-order valence-electron chi connectivity index (χ4n) is 3.92. The van der Waals surface area contributed by atoms with Crippen molar-refractivity contribution >= 4 is 39.1 Å². The maximum atomic E-state index is 13.5. The van der Waals surface area contributed by atoms with Gasteiger partial charge in [0.2, 0.25) is 21.8 Å². The third-order valence-corrected chi connectivity index (χ3v) is 7.58. The SMILES string of the molecule is CC[C@H](C)NC(=O)[C@H](CC)N(Cc1ccc(OC)cc1)C(=O)CCCN(c1cccc(Cl)c1)S(C)(=O)=O. The van der Waals surface area contributed by atoms with Gasteiger partial charge in [0.05, 0.1) is 19.1 Å². The van der Waals surface area contributed by atoms with E-state index in [1.54, 1.807) is 36.3 Å². The maximum absolute atomic E-state index is 13.5. The molecule has 0 aliphatic heterocycles. The molecule has 2 rings (SSSR count). The van der Waals surface area contributed by atoms with Crippen LogP contribution in [0, 0.1) is 0 Å². The number of nitrogens with one attached hydrogen (secondary N) is 1. The first-order valence-electron chi connectivity index (χ1n) is 12.5. The minimum absolute atomic E-state index is 0.0134. The van der Waals surface area contributed by atoms with E-state index in [1.165, 1.54) is 4.31 Å². The first-order chi connectivity index (χ1) is 17.5. The van der Waals surface area contributed by atoms with Crippen molar-refractivity contribution in [1.29, 1.82) is 0 Å². The zero-order valence-electron chi connectivity index (χ0n) is 22.2. The van der Waals surface area contributed by atoms with E-state index in [2.05, 4.69) is 5.32 Å². The van der Waals surface area contributed by atoms with Crippen LogP contribution >= 0.6 is 11.6 Å². The van der Waals surface area contributed by atoms with Crippen LogP contribution in [0.3, 0.4) is 0 Å². The smallest absolute Gasteiger partial charge is 0.243 e. The van der Waals surface area contributed by atoms with Gasteiger partial charge in [-0.05, 0) is 62.1 Å². The van der Waals surface area contributed by atoms with E-state index in [0.29, 0.717) is 22.9 Å². The molecule has 0 radical (unpaired) electrons. The molecule has 10 heteroatoms. The molecular formula is C27H38ClN3O5S. The summed E-state index contributed by atoms with van der Waals surface area (Å²) in [5.74, 6) is 0.280. The van der Waals surface area contributed by atoms with Crippen molar-refractivity contribution in [2.75, 3.05) is 24.2 Å². The summed E-state index contributed by atoms with van der Waals surface area (Å²) in [5.41, 5.74) is 1.30. The van der Waals surface area contributed by atoms with Gasteiger partial charge in [0, 0.05) is 30.6 Å². The molecule has 8 nitrogen and oxygen atoms in total. The van der Waals surface area contributed by atoms with Crippen LogP contribution < -0.4 is 14.4 Å². The van der Waals surface area contributed by atoms with Crippen molar-refractivity contribution in [3.05, 3.63) is 59.1 Å². The Morgan fingerprint density at radius 2 is 1.76 bits per heavy atom. The zero-order chi connectivity index (χ0) is 27.6. The highest BCUT2D eigenvalue weighted by atomic mass is 35.5. The Balaban J connectivity index is 2.23. The predicted octanol–water partition coefficient (Wildman–Crippen LogP) is 4.62. The number of carbonyl (C=O) groups is 2. The van der Waals surface area contributed by atoms with Gasteiger partial charge in [0.25, 0.3) is 0 Å². The lowest BCUT2D eigenvalue weighted by Gasteiger charge is -2.32. The summed E-state index contributed by atoms with van der Waals surface area (Å²) in [5, 5.41) is 3.41. The minimum atomic E-state index is -3.59. The lowest BCUT2D eigenvalue weighted by atomic mass is 10.1. The summed E-state index contributed by atoms with van der Waals surface area (Å²) in [6, 6.07) is 13.3. The van der Waals surface area contributed by atoms with Crippen LogP contribution in [0.25, 0.3) is 0 Å². The molecule has 0 aliphatic carbocycles. The largest absolute Gasteiger partial charge is 0.497 e. The second kappa shape index (κ2) is 14.2. The quantitative estimate of drug-likeness (QED) is 0.370. The monoisotopic (exact) mass is 551 g/mol. The standard InChI is InChI=1S/C27H38ClN3O5S/c1-6-20(3)29-27(33)25(7-2)30(19-21-13-15-24(36-4)16-14-21)26(32)12-9-17-31(37(5,34)35)23-11-8-10-22(28)18-23/h8,10-11,13-16,18,20,25H,6-7,9,12,17,19H2,1-5H3,(H,29,33)/t20-,25-/m0/s1. The summed E-state index contributed by atoms with van der Waals surface area (Å²) in [4.78, 5) is 28.2. The number of carbonyl (C=O) groups excluding carboxylic acids is 2. The molecule has 2 aromatic rings. The molecule has 0 saturated heterocycles. The Morgan fingerprint density at radius 1 is 1.08 bits per heavy atom. The highest BCUT2D eigenvalue weighted by molar-refractivity contribution is 7.92. The van der Waals surface area contributed by atoms with Crippen LogP contribution in [0.1, 0.15) is 52.0 Å². The van der Waals surface area contributed by atoms with E-state index in [-0.39, 0.29) is 43.8 Å². The van der Waals surface area contributed by atoms with Gasteiger partial charge in [0.1, 0.15) is 11.8 Å². The van der Waals surface area contributed by atoms with Gasteiger partial charge in [-0.15, -0.1) is 0 Å². The fourth-order valence-corrected chi connectivity index (χ4v) is 5.07. The van der Waals surface area contributed by atoms with Crippen LogP contribution in [-0.2, 0) is 26.2 Å². The van der Waals surface area contributed by atoms with E-state index in [4.69, 9.17) is 16.3 Å². The number of rotatable bonds is 14. The number of hydrogen-bond acceptors (Lipinski definition) is 5. The van der Waals surface area contributed by atoms with E-state index in [1.807, 2.05) is 45.0 Å². The van der Waals surface area contributed by atoms with Crippen LogP contribution in [0.5, 0.6) is 5.75 Å². The highest BCUT2D eigenvalue weighted by Gasteiger charge is 2.29. The van der Waals surface area contributed by atoms with Crippen molar-refractivity contribution in [3.63, 3.8) is 0 Å². The predicted molar refractivity (Wildman–Crippen MR) is 148 cm³/mol. The molecule has 0 aromatic heterocycles. The van der Waals surface area contributed by atoms with Crippen molar-refractivity contribution in [2.24, 2.45) is 0 Å². The molecule has 1 N–H and O–H groups in total. The normalized spacial score (nSPS) is 12.9. The number of sulfonamides is 1. The van der Waals surface area contributed by atoms with E-state index in [0.717, 1.165) is 18.2 Å². The Kier molecular flexibility index (Phi) is 11.7. The van der Waals surface area contributed by atoms with Gasteiger partial charge in [-0.3, -0.25) is 13.9 Å². The molecule has 2 aromatic carbocycles. The Bertz CT molecular complexity index is 1140. The topological polar surface area (TPSA) is 96.0 Å². The number of amides is 2. The first kappa shape index (κ1) is 30.4. The third kappa shape index (κ3) is 9.23. The number of nitrogens with zero attached hydrogens (tertiary/aromatic N) is 2. The van der Waals surface area contributed by atoms with E-state index in [9.17, 15) is 18.0 Å². The van der Waals surface area contributed by atoms with Crippen molar-refractivity contribution < 1.29 is 22.7 Å². The van der Waals surface area contributed by atoms with Crippen LogP contribution in [0.2, 0.25) is 5.02 Å². The fraction of sp³-hybridized carbons (Fsp3) is 0.481. The number of methoxy groups -OCH3 is 1. The molecule has 204 valence electrons. The molecule has 0 bridgehead atoms. The molecule has 0 aliphatic rings. The lowest BCUT2D eigenvalue weighted by molar-refractivity contribution is -0.141. The Labute approximate surface area is 226 Å². The van der Waals surface area contributed by atoms with Crippen LogP contribution in [0.15, 0.2) is 48.5 Å². The number of benzene rings is 2. The Morgan fingerprint density at radius 3 is 2.30 bits per heavy atom. The van der Waals surface area contributed by atoms with Gasteiger partial charge in [0.15, 0.2) is 0 Å². The van der Waals surface area contributed by atoms with Gasteiger partial charge in [-0.2, -0.15) is 0 Å². The molecule has 0 heterocycles. The van der Waals surface area contributed by atoms with E-state index >= 15 is 0 Å². The summed E-state index contributed by atoms with van der Waals surface area (Å²) in [6.07, 6.45) is 2.70. The minimum Gasteiger partial charge on any atom is -0.497 e. The van der Waals surface area contributed by atoms with Crippen molar-refractivity contribution in [1.82, 2.24) is 10.2 Å². The molecule has 0 spiro atoms. The zero-order valence-corrected chi connectivity index (χ0v) is 23.8. The summed E-state index contributed by atoms with van der Waals surface area (Å²) < 4.78 is 31.4. The first-order valence-corrected chi connectivity index (χ1v) is 14.7. The second-order valence-electron chi connectivity index (χ2n) is 9.03. The average Bonchev–Trinajstić information content (AvgIpc) is 2.85. The summed E-state index contributed by atoms with van der Waals surface area (Å²) in [7, 11) is -2.00. The number of hydrogen-bond donors (Lipinski definition) is 1. The number of anilines is 1. The maximum Gasteiger partial charge on any atom is 0.243 e. The van der Waals surface area contributed by atoms with Crippen molar-refractivity contribution in [3.8, 4) is 5.75 Å². The van der Waals surface area contributed by atoms with Crippen LogP contribution in [-0.4, -0.2) is 57.1 Å². The second-order valence-corrected chi connectivity index (χ2v) is 11.4.